The predicted molar refractivity (Wildman–Crippen MR) is 63.5 cm³/mol. The summed E-state index contributed by atoms with van der Waals surface area (Å²) >= 11 is 12.2. The van der Waals surface area contributed by atoms with Gasteiger partial charge in [0.15, 0.2) is 0 Å². The summed E-state index contributed by atoms with van der Waals surface area (Å²) in [6, 6.07) is 4.12. The van der Waals surface area contributed by atoms with Crippen LogP contribution in [0, 0.1) is 0 Å². The molecule has 1 aromatic carbocycles. The summed E-state index contributed by atoms with van der Waals surface area (Å²) in [7, 11) is 0. The van der Waals surface area contributed by atoms with E-state index in [9.17, 15) is 0 Å². The van der Waals surface area contributed by atoms with Gasteiger partial charge in [0.2, 0.25) is 0 Å². The van der Waals surface area contributed by atoms with Gasteiger partial charge in [-0.1, -0.05) is 18.5 Å². The van der Waals surface area contributed by atoms with E-state index in [1.165, 1.54) is 10.3 Å². The third kappa shape index (κ3) is 1.47. The van der Waals surface area contributed by atoms with Crippen molar-refractivity contribution in [1.82, 2.24) is 0 Å². The van der Waals surface area contributed by atoms with Gasteiger partial charge in [-0.25, -0.2) is 0 Å². The highest BCUT2D eigenvalue weighted by Crippen LogP contribution is 2.35. The first kappa shape index (κ1) is 9.38. The van der Waals surface area contributed by atoms with Crippen LogP contribution in [0.3, 0.4) is 0 Å². The molecule has 68 valence electrons. The monoisotopic (exact) mass is 228 g/mol. The van der Waals surface area contributed by atoms with Crippen LogP contribution in [0.15, 0.2) is 22.4 Å². The summed E-state index contributed by atoms with van der Waals surface area (Å²) in [5.41, 5.74) is 1.33. The summed E-state index contributed by atoms with van der Waals surface area (Å²) in [5.74, 6) is 0. The second-order valence-corrected chi connectivity index (χ2v) is 4.66. The maximum Gasteiger partial charge on any atom is 0.0626 e. The van der Waals surface area contributed by atoms with E-state index in [-0.39, 0.29) is 0 Å². The van der Waals surface area contributed by atoms with Crippen LogP contribution >= 0.6 is 35.6 Å². The molecule has 2 aromatic rings. The standard InChI is InChI=1S/C10H9ClS2/c1-2-6-5-8(12)9(11)7-3-4-13-10(6)7/h3-5,12H,2H2,1H3. The molecule has 0 saturated carbocycles. The zero-order chi connectivity index (χ0) is 9.42. The number of rotatable bonds is 1. The highest BCUT2D eigenvalue weighted by atomic mass is 35.5. The van der Waals surface area contributed by atoms with Crippen LogP contribution in [0.2, 0.25) is 5.02 Å². The van der Waals surface area contributed by atoms with E-state index in [1.807, 2.05) is 0 Å². The molecule has 1 aromatic heterocycles. The fraction of sp³-hybridized carbons (Fsp3) is 0.200. The topological polar surface area (TPSA) is 0 Å². The largest absolute Gasteiger partial charge is 0.143 e. The molecule has 0 aliphatic heterocycles. The number of thiol groups is 1. The molecule has 3 heteroatoms. The van der Waals surface area contributed by atoms with Crippen LogP contribution in [0.25, 0.3) is 10.1 Å². The van der Waals surface area contributed by atoms with Crippen molar-refractivity contribution >= 4 is 45.7 Å². The number of aryl methyl sites for hydroxylation is 1. The van der Waals surface area contributed by atoms with Crippen LogP contribution < -0.4 is 0 Å². The van der Waals surface area contributed by atoms with Gasteiger partial charge in [0.1, 0.15) is 0 Å². The van der Waals surface area contributed by atoms with E-state index < -0.39 is 0 Å². The van der Waals surface area contributed by atoms with E-state index in [1.54, 1.807) is 11.3 Å². The normalized spacial score (nSPS) is 11.0. The molecule has 0 aliphatic rings. The molecule has 13 heavy (non-hydrogen) atoms. The zero-order valence-corrected chi connectivity index (χ0v) is 9.64. The first-order chi connectivity index (χ1) is 6.24. The molecule has 0 bridgehead atoms. The highest BCUT2D eigenvalue weighted by Gasteiger charge is 2.08. The van der Waals surface area contributed by atoms with Gasteiger partial charge in [-0.2, -0.15) is 0 Å². The Morgan fingerprint density at radius 2 is 2.31 bits per heavy atom. The van der Waals surface area contributed by atoms with Crippen molar-refractivity contribution in [3.63, 3.8) is 0 Å². The van der Waals surface area contributed by atoms with Gasteiger partial charge in [-0.05, 0) is 29.5 Å². The molecule has 0 saturated heterocycles. The maximum absolute atomic E-state index is 6.13. The molecular formula is C10H9ClS2. The van der Waals surface area contributed by atoms with Gasteiger partial charge in [0.25, 0.3) is 0 Å². The van der Waals surface area contributed by atoms with Crippen LogP contribution in [0.4, 0.5) is 0 Å². The van der Waals surface area contributed by atoms with Crippen LogP contribution in [-0.2, 0) is 6.42 Å². The smallest absolute Gasteiger partial charge is 0.0626 e. The zero-order valence-electron chi connectivity index (χ0n) is 7.17. The average molecular weight is 229 g/mol. The minimum absolute atomic E-state index is 0.775. The quantitative estimate of drug-likeness (QED) is 0.687. The fourth-order valence-corrected chi connectivity index (χ4v) is 2.96. The minimum atomic E-state index is 0.775. The van der Waals surface area contributed by atoms with Gasteiger partial charge < -0.3 is 0 Å². The number of hydrogen-bond acceptors (Lipinski definition) is 2. The number of fused-ring (bicyclic) bond motifs is 1. The van der Waals surface area contributed by atoms with Gasteiger partial charge >= 0.3 is 0 Å². The average Bonchev–Trinajstić information content (AvgIpc) is 2.60. The molecule has 2 rings (SSSR count). The molecule has 0 nitrogen and oxygen atoms in total. The van der Waals surface area contributed by atoms with Crippen LogP contribution in [0.5, 0.6) is 0 Å². The van der Waals surface area contributed by atoms with E-state index in [0.29, 0.717) is 0 Å². The molecular weight excluding hydrogens is 220 g/mol. The van der Waals surface area contributed by atoms with E-state index in [0.717, 1.165) is 21.7 Å². The Labute approximate surface area is 91.9 Å². The van der Waals surface area contributed by atoms with Crippen LogP contribution in [0.1, 0.15) is 12.5 Å². The second-order valence-electron chi connectivity index (χ2n) is 2.89. The fourth-order valence-electron chi connectivity index (χ4n) is 1.43. The van der Waals surface area contributed by atoms with Crippen molar-refractivity contribution in [3.8, 4) is 0 Å². The third-order valence-electron chi connectivity index (χ3n) is 2.11. The molecule has 0 N–H and O–H groups in total. The van der Waals surface area contributed by atoms with Crippen LogP contribution in [-0.4, -0.2) is 0 Å². The Balaban J connectivity index is 2.87. The number of benzene rings is 1. The van der Waals surface area contributed by atoms with E-state index in [4.69, 9.17) is 11.6 Å². The first-order valence-electron chi connectivity index (χ1n) is 4.11. The molecule has 0 amide bonds. The minimum Gasteiger partial charge on any atom is -0.143 e. The van der Waals surface area contributed by atoms with Crippen molar-refractivity contribution in [3.05, 3.63) is 28.1 Å². The summed E-state index contributed by atoms with van der Waals surface area (Å²) in [5, 5.41) is 3.98. The molecule has 0 atom stereocenters. The Kier molecular flexibility index (Phi) is 2.54. The number of thiophene rings is 1. The molecule has 0 unspecified atom stereocenters. The van der Waals surface area contributed by atoms with Gasteiger partial charge in [0.05, 0.1) is 5.02 Å². The Bertz CT molecular complexity index is 445. The molecule has 0 fully saturated rings. The SMILES string of the molecule is CCc1cc(S)c(Cl)c2ccsc12. The lowest BCUT2D eigenvalue weighted by molar-refractivity contribution is 1.15. The predicted octanol–water partition coefficient (Wildman–Crippen LogP) is 4.41. The Hall–Kier alpha value is -0.180. The molecule has 0 radical (unpaired) electrons. The Morgan fingerprint density at radius 1 is 1.54 bits per heavy atom. The van der Waals surface area contributed by atoms with Crippen molar-refractivity contribution in [1.29, 1.82) is 0 Å². The van der Waals surface area contributed by atoms with Gasteiger partial charge in [-0.15, -0.1) is 24.0 Å². The summed E-state index contributed by atoms with van der Waals surface area (Å²) < 4.78 is 1.30. The molecule has 1 heterocycles. The second kappa shape index (κ2) is 3.52. The van der Waals surface area contributed by atoms with Gasteiger partial charge in [-0.3, -0.25) is 0 Å². The third-order valence-corrected chi connectivity index (χ3v) is 3.99. The first-order valence-corrected chi connectivity index (χ1v) is 5.82. The van der Waals surface area contributed by atoms with Gasteiger partial charge in [0, 0.05) is 15.0 Å². The number of halogens is 1. The highest BCUT2D eigenvalue weighted by molar-refractivity contribution is 7.80. The van der Waals surface area contributed by atoms with Crippen molar-refractivity contribution in [2.45, 2.75) is 18.2 Å². The summed E-state index contributed by atoms with van der Waals surface area (Å²) in [4.78, 5) is 0.879. The van der Waals surface area contributed by atoms with Crippen molar-refractivity contribution in [2.24, 2.45) is 0 Å². The molecule has 0 aliphatic carbocycles. The molecule has 0 spiro atoms. The lowest BCUT2D eigenvalue weighted by Gasteiger charge is -2.03. The van der Waals surface area contributed by atoms with Crippen molar-refractivity contribution < 1.29 is 0 Å². The van der Waals surface area contributed by atoms with E-state index >= 15 is 0 Å². The lowest BCUT2D eigenvalue weighted by atomic mass is 10.1. The van der Waals surface area contributed by atoms with Crippen molar-refractivity contribution in [2.75, 3.05) is 0 Å². The van der Waals surface area contributed by atoms with E-state index in [2.05, 4.69) is 37.1 Å². The number of hydrogen-bond donors (Lipinski definition) is 1. The summed E-state index contributed by atoms with van der Waals surface area (Å²) in [6.45, 7) is 2.15. The maximum atomic E-state index is 6.13. The Morgan fingerprint density at radius 3 is 3.00 bits per heavy atom. The summed E-state index contributed by atoms with van der Waals surface area (Å²) in [6.07, 6.45) is 1.03. The lowest BCUT2D eigenvalue weighted by Crippen LogP contribution is -1.82.